The number of nitrogens with two attached hydrogens (primary N) is 1. The zero-order valence-electron chi connectivity index (χ0n) is 15.0. The van der Waals surface area contributed by atoms with E-state index < -0.39 is 6.04 Å². The highest BCUT2D eigenvalue weighted by molar-refractivity contribution is 6.52. The van der Waals surface area contributed by atoms with E-state index in [0.29, 0.717) is 11.3 Å². The zero-order chi connectivity index (χ0) is 19.6. The smallest absolute Gasteiger partial charge is 0.180 e. The van der Waals surface area contributed by atoms with E-state index in [1.807, 2.05) is 25.1 Å². The quantitative estimate of drug-likeness (QED) is 0.461. The topological polar surface area (TPSA) is 161 Å². The maximum atomic E-state index is 9.20. The molecule has 2 aromatic heterocycles. The third-order valence-electron chi connectivity index (χ3n) is 3.82. The molecule has 0 saturated heterocycles. The average Bonchev–Trinajstić information content (AvgIpc) is 3.05. The minimum Gasteiger partial charge on any atom is -0.396 e. The van der Waals surface area contributed by atoms with Gasteiger partial charge in [-0.2, -0.15) is 5.10 Å². The molecule has 0 unspecified atom stereocenters. The van der Waals surface area contributed by atoms with Gasteiger partial charge in [-0.05, 0) is 12.1 Å². The molecule has 0 bridgehead atoms. The lowest BCUT2D eigenvalue weighted by Crippen LogP contribution is -2.31. The Labute approximate surface area is 155 Å². The van der Waals surface area contributed by atoms with E-state index in [1.165, 1.54) is 6.08 Å². The molecule has 0 aliphatic carbocycles. The Morgan fingerprint density at radius 2 is 2.11 bits per heavy atom. The summed E-state index contributed by atoms with van der Waals surface area (Å²) in [7, 11) is 3.77. The Bertz CT molecular complexity index is 954. The van der Waals surface area contributed by atoms with Crippen molar-refractivity contribution in [2.45, 2.75) is 6.04 Å². The van der Waals surface area contributed by atoms with Crippen molar-refractivity contribution < 1.29 is 10.2 Å². The number of hydrogen-bond donors (Lipinski definition) is 5. The van der Waals surface area contributed by atoms with E-state index in [9.17, 15) is 10.2 Å². The van der Waals surface area contributed by atoms with Gasteiger partial charge in [-0.15, -0.1) is 0 Å². The summed E-state index contributed by atoms with van der Waals surface area (Å²) in [4.78, 5) is 14.8. The second kappa shape index (κ2) is 7.51. The van der Waals surface area contributed by atoms with Crippen molar-refractivity contribution in [3.8, 4) is 0 Å². The van der Waals surface area contributed by atoms with E-state index in [-0.39, 0.29) is 36.3 Å². The summed E-state index contributed by atoms with van der Waals surface area (Å²) in [6, 6.07) is 1.10. The van der Waals surface area contributed by atoms with Crippen LogP contribution in [0.3, 0.4) is 0 Å². The van der Waals surface area contributed by atoms with Gasteiger partial charge in [0.1, 0.15) is 11.5 Å². The molecule has 2 aromatic rings. The second-order valence-electron chi connectivity index (χ2n) is 6.08. The number of amidine groups is 2. The van der Waals surface area contributed by atoms with Crippen molar-refractivity contribution in [3.05, 3.63) is 30.2 Å². The van der Waals surface area contributed by atoms with Gasteiger partial charge < -0.3 is 26.2 Å². The van der Waals surface area contributed by atoms with Crippen LogP contribution in [-0.4, -0.2) is 75.5 Å². The first-order valence-corrected chi connectivity index (χ1v) is 8.16. The highest BCUT2D eigenvalue weighted by Gasteiger charge is 2.19. The van der Waals surface area contributed by atoms with Gasteiger partial charge in [0.05, 0.1) is 36.9 Å². The van der Waals surface area contributed by atoms with Gasteiger partial charge in [-0.1, -0.05) is 0 Å². The minimum atomic E-state index is -0.731. The minimum absolute atomic E-state index is 0.0686. The van der Waals surface area contributed by atoms with Gasteiger partial charge in [0.2, 0.25) is 0 Å². The highest BCUT2D eigenvalue weighted by Crippen LogP contribution is 2.18. The van der Waals surface area contributed by atoms with Crippen LogP contribution in [-0.2, 0) is 0 Å². The molecule has 142 valence electrons. The maximum Gasteiger partial charge on any atom is 0.180 e. The fourth-order valence-electron chi connectivity index (χ4n) is 2.35. The molecule has 0 radical (unpaired) electrons. The Morgan fingerprint density at radius 3 is 2.78 bits per heavy atom. The first-order valence-electron chi connectivity index (χ1n) is 8.16. The second-order valence-corrected chi connectivity index (χ2v) is 6.08. The summed E-state index contributed by atoms with van der Waals surface area (Å²) < 4.78 is 1.61. The Balaban J connectivity index is 1.95. The Morgan fingerprint density at radius 1 is 1.37 bits per heavy atom. The first kappa shape index (κ1) is 18.5. The number of nitrogens with one attached hydrogen (secondary N) is 2. The van der Waals surface area contributed by atoms with Gasteiger partial charge in [0, 0.05) is 20.3 Å². The molecule has 0 fully saturated rings. The van der Waals surface area contributed by atoms with Crippen LogP contribution < -0.4 is 16.0 Å². The predicted octanol–water partition coefficient (Wildman–Crippen LogP) is -0.767. The van der Waals surface area contributed by atoms with Crippen molar-refractivity contribution >= 4 is 34.5 Å². The number of rotatable bonds is 5. The number of hydrogen-bond acceptors (Lipinski definition) is 9. The van der Waals surface area contributed by atoms with Crippen LogP contribution in [0.25, 0.3) is 5.65 Å². The van der Waals surface area contributed by atoms with E-state index >= 15 is 0 Å². The van der Waals surface area contributed by atoms with Crippen LogP contribution >= 0.6 is 0 Å². The summed E-state index contributed by atoms with van der Waals surface area (Å²) in [5.41, 5.74) is 7.25. The third-order valence-corrected chi connectivity index (χ3v) is 3.82. The van der Waals surface area contributed by atoms with Gasteiger partial charge in [0.25, 0.3) is 0 Å². The lowest BCUT2D eigenvalue weighted by atomic mass is 10.2. The normalized spacial score (nSPS) is 16.0. The van der Waals surface area contributed by atoms with Crippen LogP contribution in [0.2, 0.25) is 0 Å². The molecule has 11 nitrogen and oxygen atoms in total. The van der Waals surface area contributed by atoms with Crippen molar-refractivity contribution in [1.82, 2.24) is 14.6 Å². The summed E-state index contributed by atoms with van der Waals surface area (Å²) in [5, 5.41) is 33.8. The lowest BCUT2D eigenvalue weighted by Gasteiger charge is -2.16. The van der Waals surface area contributed by atoms with Gasteiger partial charge in [-0.25, -0.2) is 14.5 Å². The number of aliphatic hydroxyl groups excluding tert-OH is 2. The number of aromatic nitrogens is 3. The fraction of sp³-hybridized carbons (Fsp3) is 0.312. The molecule has 6 N–H and O–H groups in total. The molecule has 3 heterocycles. The van der Waals surface area contributed by atoms with Gasteiger partial charge >= 0.3 is 0 Å². The van der Waals surface area contributed by atoms with Crippen molar-refractivity contribution in [2.75, 3.05) is 37.5 Å². The molecule has 0 aromatic carbocycles. The molecule has 1 aliphatic rings. The lowest BCUT2D eigenvalue weighted by molar-refractivity contribution is 0.195. The number of anilines is 2. The number of fused-ring (bicyclic) bond motifs is 1. The van der Waals surface area contributed by atoms with Crippen molar-refractivity contribution in [1.29, 1.82) is 5.41 Å². The van der Waals surface area contributed by atoms with E-state index in [0.717, 1.165) is 5.82 Å². The van der Waals surface area contributed by atoms with E-state index in [2.05, 4.69) is 25.4 Å². The number of dihydropyridines is 1. The molecule has 0 atom stereocenters. The number of aliphatic imine (C=N–C) groups is 2. The maximum absolute atomic E-state index is 9.20. The average molecular weight is 371 g/mol. The zero-order valence-corrected chi connectivity index (χ0v) is 15.0. The molecule has 11 heteroatoms. The van der Waals surface area contributed by atoms with E-state index in [1.54, 1.807) is 16.9 Å². The molecule has 1 aliphatic heterocycles. The van der Waals surface area contributed by atoms with Crippen LogP contribution in [0.1, 0.15) is 0 Å². The monoisotopic (exact) mass is 371 g/mol. The molecular formula is C16H21N9O2. The van der Waals surface area contributed by atoms with Gasteiger partial charge in [-0.3, -0.25) is 10.4 Å². The summed E-state index contributed by atoms with van der Waals surface area (Å²) >= 11 is 0. The molecular weight excluding hydrogens is 350 g/mol. The molecule has 0 saturated carbocycles. The Hall–Kier alpha value is -3.31. The van der Waals surface area contributed by atoms with E-state index in [4.69, 9.17) is 11.1 Å². The van der Waals surface area contributed by atoms with Crippen LogP contribution in [0.4, 0.5) is 11.5 Å². The summed E-state index contributed by atoms with van der Waals surface area (Å²) in [6.45, 7) is -0.678. The fourth-order valence-corrected chi connectivity index (χ4v) is 2.35. The third kappa shape index (κ3) is 3.78. The Kier molecular flexibility index (Phi) is 5.14. The number of nitrogens with zero attached hydrogens (tertiary/aromatic N) is 6. The van der Waals surface area contributed by atoms with Crippen LogP contribution in [0, 0.1) is 5.41 Å². The summed E-state index contributed by atoms with van der Waals surface area (Å²) in [6.07, 6.45) is 4.78. The molecule has 3 rings (SSSR count). The summed E-state index contributed by atoms with van der Waals surface area (Å²) in [5.74, 6) is 1.11. The molecule has 0 amide bonds. The van der Waals surface area contributed by atoms with Gasteiger partial charge in [0.15, 0.2) is 17.3 Å². The predicted molar refractivity (Wildman–Crippen MR) is 104 cm³/mol. The molecule has 27 heavy (non-hydrogen) atoms. The van der Waals surface area contributed by atoms with Crippen molar-refractivity contribution in [3.63, 3.8) is 0 Å². The van der Waals surface area contributed by atoms with Crippen LogP contribution in [0.15, 0.2) is 40.2 Å². The standard InChI is InChI=1S/C16H21N9O2/c1-24(2)13-3-4-25-16(22-13)12(6-19-25)21-15-11(18)5-10(17)14(23-15)20-9(7-26)8-27/h3-6,9,18,26-27H,7-8,17H2,1-2H3,(H,20,21,23). The van der Waals surface area contributed by atoms with Crippen molar-refractivity contribution in [2.24, 2.45) is 15.7 Å². The highest BCUT2D eigenvalue weighted by atomic mass is 16.3. The first-order chi connectivity index (χ1) is 12.9. The SMILES string of the molecule is CN(C)c1ccn2ncc(NC3=NC(=NC(CO)CO)C(N)=CC3=N)c2n1. The molecule has 0 spiro atoms. The van der Waals surface area contributed by atoms with Crippen LogP contribution in [0.5, 0.6) is 0 Å². The largest absolute Gasteiger partial charge is 0.396 e. The number of aliphatic hydroxyl groups is 2.